The van der Waals surface area contributed by atoms with E-state index in [1.165, 1.54) is 11.9 Å². The van der Waals surface area contributed by atoms with Gasteiger partial charge in [0.2, 0.25) is 0 Å². The molecule has 0 spiro atoms. The first kappa shape index (κ1) is 11.4. The van der Waals surface area contributed by atoms with E-state index in [2.05, 4.69) is 34.3 Å². The van der Waals surface area contributed by atoms with Gasteiger partial charge in [-0.3, -0.25) is 0 Å². The number of nitrogens with two attached hydrogens (primary N) is 1. The number of benzene rings is 1. The van der Waals surface area contributed by atoms with Crippen molar-refractivity contribution in [2.45, 2.75) is 19.8 Å². The minimum Gasteiger partial charge on any atom is -0.384 e. The fourth-order valence-corrected chi connectivity index (χ4v) is 1.63. The Labute approximate surface area is 101 Å². The molecule has 2 rings (SSSR count). The summed E-state index contributed by atoms with van der Waals surface area (Å²) in [6.07, 6.45) is 3.72. The summed E-state index contributed by atoms with van der Waals surface area (Å²) in [6, 6.07) is 10.0. The number of aromatic nitrogens is 2. The predicted molar refractivity (Wildman–Crippen MR) is 70.2 cm³/mol. The van der Waals surface area contributed by atoms with Crippen molar-refractivity contribution in [1.82, 2.24) is 9.97 Å². The molecule has 0 saturated carbocycles. The van der Waals surface area contributed by atoms with Crippen LogP contribution in [0, 0.1) is 0 Å². The molecule has 88 valence electrons. The van der Waals surface area contributed by atoms with E-state index in [4.69, 9.17) is 5.73 Å². The number of nitrogens with one attached hydrogen (secondary N) is 1. The minimum atomic E-state index is 0.463. The van der Waals surface area contributed by atoms with Gasteiger partial charge in [-0.2, -0.15) is 0 Å². The Bertz CT molecular complexity index is 479. The third kappa shape index (κ3) is 3.17. The first-order valence-electron chi connectivity index (χ1n) is 5.71. The second-order valence-electron chi connectivity index (χ2n) is 3.90. The van der Waals surface area contributed by atoms with Crippen LogP contribution in [0.3, 0.4) is 0 Å². The van der Waals surface area contributed by atoms with Crippen LogP contribution in [0.2, 0.25) is 0 Å². The van der Waals surface area contributed by atoms with Crippen LogP contribution in [0.5, 0.6) is 0 Å². The minimum absolute atomic E-state index is 0.463. The monoisotopic (exact) mass is 228 g/mol. The molecule has 4 nitrogen and oxygen atoms in total. The van der Waals surface area contributed by atoms with Crippen LogP contribution in [0.1, 0.15) is 18.9 Å². The predicted octanol–water partition coefficient (Wildman–Crippen LogP) is 2.75. The fourth-order valence-electron chi connectivity index (χ4n) is 1.63. The summed E-state index contributed by atoms with van der Waals surface area (Å²) < 4.78 is 0. The van der Waals surface area contributed by atoms with Crippen molar-refractivity contribution >= 4 is 17.3 Å². The maximum Gasteiger partial charge on any atom is 0.135 e. The normalized spacial score (nSPS) is 10.2. The molecule has 0 unspecified atom stereocenters. The van der Waals surface area contributed by atoms with Gasteiger partial charge in [-0.05, 0) is 24.1 Å². The van der Waals surface area contributed by atoms with Gasteiger partial charge in [-0.15, -0.1) is 0 Å². The highest BCUT2D eigenvalue weighted by molar-refractivity contribution is 5.58. The summed E-state index contributed by atoms with van der Waals surface area (Å²) in [5.41, 5.74) is 7.93. The number of rotatable bonds is 4. The molecule has 1 aromatic carbocycles. The van der Waals surface area contributed by atoms with Crippen LogP contribution >= 0.6 is 0 Å². The smallest absolute Gasteiger partial charge is 0.135 e. The molecule has 1 heterocycles. The summed E-state index contributed by atoms with van der Waals surface area (Å²) in [5, 5.41) is 3.18. The van der Waals surface area contributed by atoms with Gasteiger partial charge in [0.25, 0.3) is 0 Å². The van der Waals surface area contributed by atoms with Crippen molar-refractivity contribution in [2.75, 3.05) is 11.1 Å². The van der Waals surface area contributed by atoms with E-state index in [0.29, 0.717) is 11.6 Å². The van der Waals surface area contributed by atoms with Gasteiger partial charge >= 0.3 is 0 Å². The largest absolute Gasteiger partial charge is 0.384 e. The van der Waals surface area contributed by atoms with E-state index < -0.39 is 0 Å². The Kier molecular flexibility index (Phi) is 3.55. The third-order valence-corrected chi connectivity index (χ3v) is 2.45. The zero-order valence-corrected chi connectivity index (χ0v) is 9.85. The summed E-state index contributed by atoms with van der Waals surface area (Å²) in [5.74, 6) is 1.17. The van der Waals surface area contributed by atoms with Crippen LogP contribution in [0.15, 0.2) is 36.7 Å². The van der Waals surface area contributed by atoms with E-state index in [1.807, 2.05) is 12.1 Å². The molecule has 0 fully saturated rings. The number of aryl methyl sites for hydroxylation is 1. The van der Waals surface area contributed by atoms with Crippen LogP contribution < -0.4 is 11.1 Å². The van der Waals surface area contributed by atoms with E-state index in [1.54, 1.807) is 6.07 Å². The van der Waals surface area contributed by atoms with E-state index in [9.17, 15) is 0 Å². The SMILES string of the molecule is CCCc1ccc(Nc2cc(N)ncn2)cc1. The average Bonchev–Trinajstić information content (AvgIpc) is 2.32. The molecule has 0 aliphatic rings. The van der Waals surface area contributed by atoms with Crippen LogP contribution in [0.25, 0.3) is 0 Å². The van der Waals surface area contributed by atoms with Gasteiger partial charge in [0.05, 0.1) is 0 Å². The quantitative estimate of drug-likeness (QED) is 0.844. The maximum absolute atomic E-state index is 5.58. The van der Waals surface area contributed by atoms with Crippen molar-refractivity contribution in [1.29, 1.82) is 0 Å². The van der Waals surface area contributed by atoms with Crippen LogP contribution in [-0.4, -0.2) is 9.97 Å². The number of nitrogens with zero attached hydrogens (tertiary/aromatic N) is 2. The fraction of sp³-hybridized carbons (Fsp3) is 0.231. The first-order chi connectivity index (χ1) is 8.28. The molecule has 3 N–H and O–H groups in total. The lowest BCUT2D eigenvalue weighted by Crippen LogP contribution is -1.97. The van der Waals surface area contributed by atoms with E-state index in [-0.39, 0.29) is 0 Å². The Hall–Kier alpha value is -2.10. The summed E-state index contributed by atoms with van der Waals surface area (Å²) in [7, 11) is 0. The molecule has 0 aliphatic heterocycles. The topological polar surface area (TPSA) is 63.8 Å². The van der Waals surface area contributed by atoms with Gasteiger partial charge in [-0.25, -0.2) is 9.97 Å². The lowest BCUT2D eigenvalue weighted by molar-refractivity contribution is 0.922. The van der Waals surface area contributed by atoms with Crippen molar-refractivity contribution in [3.8, 4) is 0 Å². The maximum atomic E-state index is 5.58. The van der Waals surface area contributed by atoms with Crippen molar-refractivity contribution in [3.05, 3.63) is 42.2 Å². The first-order valence-corrected chi connectivity index (χ1v) is 5.71. The van der Waals surface area contributed by atoms with Crippen molar-refractivity contribution in [3.63, 3.8) is 0 Å². The van der Waals surface area contributed by atoms with E-state index >= 15 is 0 Å². The molecule has 4 heteroatoms. The van der Waals surface area contributed by atoms with Gasteiger partial charge in [-0.1, -0.05) is 25.5 Å². The highest BCUT2D eigenvalue weighted by atomic mass is 15.0. The second-order valence-corrected chi connectivity index (χ2v) is 3.90. The standard InChI is InChI=1S/C13H16N4/c1-2-3-10-4-6-11(7-5-10)17-13-8-12(14)15-9-16-13/h4-9H,2-3H2,1H3,(H3,14,15,16,17). The lowest BCUT2D eigenvalue weighted by atomic mass is 10.1. The molecular formula is C13H16N4. The highest BCUT2D eigenvalue weighted by Gasteiger charge is 1.97. The highest BCUT2D eigenvalue weighted by Crippen LogP contribution is 2.16. The molecule has 0 aliphatic carbocycles. The molecule has 0 atom stereocenters. The Morgan fingerprint density at radius 3 is 2.59 bits per heavy atom. The molecule has 1 aromatic heterocycles. The second kappa shape index (κ2) is 5.30. The molecule has 0 bridgehead atoms. The number of anilines is 3. The van der Waals surface area contributed by atoms with E-state index in [0.717, 1.165) is 18.5 Å². The number of nitrogen functional groups attached to an aromatic ring is 1. The molecule has 0 amide bonds. The summed E-state index contributed by atoms with van der Waals surface area (Å²) >= 11 is 0. The lowest BCUT2D eigenvalue weighted by Gasteiger charge is -2.06. The number of hydrogen-bond donors (Lipinski definition) is 2. The third-order valence-electron chi connectivity index (χ3n) is 2.45. The molecule has 2 aromatic rings. The Morgan fingerprint density at radius 2 is 1.94 bits per heavy atom. The molecule has 0 radical (unpaired) electrons. The zero-order chi connectivity index (χ0) is 12.1. The Balaban J connectivity index is 2.08. The number of hydrogen-bond acceptors (Lipinski definition) is 4. The molecule has 0 saturated heterocycles. The van der Waals surface area contributed by atoms with Crippen LogP contribution in [-0.2, 0) is 6.42 Å². The average molecular weight is 228 g/mol. The van der Waals surface area contributed by atoms with Gasteiger partial charge in [0, 0.05) is 11.8 Å². The van der Waals surface area contributed by atoms with Crippen molar-refractivity contribution < 1.29 is 0 Å². The van der Waals surface area contributed by atoms with Crippen molar-refractivity contribution in [2.24, 2.45) is 0 Å². The Morgan fingerprint density at radius 1 is 1.18 bits per heavy atom. The van der Waals surface area contributed by atoms with Gasteiger partial charge in [0.15, 0.2) is 0 Å². The molecule has 17 heavy (non-hydrogen) atoms. The summed E-state index contributed by atoms with van der Waals surface area (Å²) in [4.78, 5) is 7.94. The van der Waals surface area contributed by atoms with Crippen LogP contribution in [0.4, 0.5) is 17.3 Å². The summed E-state index contributed by atoms with van der Waals surface area (Å²) in [6.45, 7) is 2.18. The van der Waals surface area contributed by atoms with Gasteiger partial charge in [0.1, 0.15) is 18.0 Å². The molecular weight excluding hydrogens is 212 g/mol. The van der Waals surface area contributed by atoms with Gasteiger partial charge < -0.3 is 11.1 Å². The zero-order valence-electron chi connectivity index (χ0n) is 9.85.